The van der Waals surface area contributed by atoms with E-state index in [1.165, 1.54) is 22.5 Å². The van der Waals surface area contributed by atoms with Crippen LogP contribution in [0.5, 0.6) is 0 Å². The number of aromatic carboxylic acids is 1. The van der Waals surface area contributed by atoms with Crippen LogP contribution < -0.4 is 5.32 Å². The summed E-state index contributed by atoms with van der Waals surface area (Å²) < 4.78 is 5.56. The molecule has 5 rings (SSSR count). The number of anilines is 1. The van der Waals surface area contributed by atoms with Gasteiger partial charge in [-0.05, 0) is 39.9 Å². The first-order chi connectivity index (χ1) is 16.1. The minimum Gasteiger partial charge on any atom is -0.478 e. The second kappa shape index (κ2) is 8.88. The average Bonchev–Trinajstić information content (AvgIpc) is 3.39. The van der Waals surface area contributed by atoms with E-state index in [0.717, 1.165) is 21.6 Å². The first-order valence-corrected chi connectivity index (χ1v) is 11.3. The van der Waals surface area contributed by atoms with Crippen molar-refractivity contribution in [1.29, 1.82) is 0 Å². The maximum Gasteiger partial charge on any atom is 0.413 e. The quantitative estimate of drug-likeness (QED) is 0.383. The van der Waals surface area contributed by atoms with Crippen molar-refractivity contribution in [3.05, 3.63) is 106 Å². The largest absolute Gasteiger partial charge is 0.478 e. The summed E-state index contributed by atoms with van der Waals surface area (Å²) in [5, 5.41) is 12.3. The highest BCUT2D eigenvalue weighted by Crippen LogP contribution is 2.44. The van der Waals surface area contributed by atoms with E-state index in [-0.39, 0.29) is 18.1 Å². The molecule has 0 spiro atoms. The Hall–Kier alpha value is -3.97. The first kappa shape index (κ1) is 20.9. The molecule has 2 N–H and O–H groups in total. The van der Waals surface area contributed by atoms with Crippen LogP contribution in [0.15, 0.2) is 79.0 Å². The van der Waals surface area contributed by atoms with Gasteiger partial charge in [-0.25, -0.2) is 14.6 Å². The van der Waals surface area contributed by atoms with Gasteiger partial charge in [0.25, 0.3) is 0 Å². The summed E-state index contributed by atoms with van der Waals surface area (Å²) in [4.78, 5) is 28.8. The van der Waals surface area contributed by atoms with Crippen LogP contribution in [0.1, 0.15) is 37.8 Å². The summed E-state index contributed by atoms with van der Waals surface area (Å²) in [6.07, 6.45) is 1.66. The molecule has 0 radical (unpaired) electrons. The molecule has 33 heavy (non-hydrogen) atoms. The molecule has 1 aliphatic carbocycles. The van der Waals surface area contributed by atoms with Crippen molar-refractivity contribution in [1.82, 2.24) is 4.98 Å². The molecule has 4 aromatic rings. The normalized spacial score (nSPS) is 12.1. The number of carboxylic acids is 1. The number of thiazole rings is 1. The van der Waals surface area contributed by atoms with Crippen molar-refractivity contribution in [2.45, 2.75) is 12.3 Å². The van der Waals surface area contributed by atoms with E-state index in [1.54, 1.807) is 24.4 Å². The number of ether oxygens (including phenoxy) is 1. The number of fused-ring (bicyclic) bond motifs is 3. The SMILES string of the molecule is O=C(Nc1ncc(Cc2cccc(C(=O)O)c2)s1)OCC1c2ccccc2-c2ccccc21. The molecule has 1 aliphatic rings. The average molecular weight is 457 g/mol. The topological polar surface area (TPSA) is 88.5 Å². The lowest BCUT2D eigenvalue weighted by Crippen LogP contribution is -2.17. The zero-order valence-corrected chi connectivity index (χ0v) is 18.3. The standard InChI is InChI=1S/C26H20N2O4S/c29-24(30)17-7-5-6-16(12-17)13-18-14-27-25(33-18)28-26(31)32-15-23-21-10-3-1-8-19(21)20-9-2-4-11-22(20)23/h1-12,14,23H,13,15H2,(H,29,30)(H,27,28,31). The van der Waals surface area contributed by atoms with Crippen molar-refractivity contribution in [3.8, 4) is 11.1 Å². The molecule has 0 fully saturated rings. The molecule has 1 aromatic heterocycles. The van der Waals surface area contributed by atoms with E-state index in [0.29, 0.717) is 11.6 Å². The summed E-state index contributed by atoms with van der Waals surface area (Å²) in [7, 11) is 0. The van der Waals surface area contributed by atoms with Crippen molar-refractivity contribution in [2.24, 2.45) is 0 Å². The van der Waals surface area contributed by atoms with Crippen molar-refractivity contribution in [3.63, 3.8) is 0 Å². The fourth-order valence-electron chi connectivity index (χ4n) is 4.18. The third kappa shape index (κ3) is 4.36. The highest BCUT2D eigenvalue weighted by molar-refractivity contribution is 7.15. The summed E-state index contributed by atoms with van der Waals surface area (Å²) >= 11 is 1.34. The van der Waals surface area contributed by atoms with Crippen molar-refractivity contribution in [2.75, 3.05) is 11.9 Å². The maximum absolute atomic E-state index is 12.4. The third-order valence-electron chi connectivity index (χ3n) is 5.66. The summed E-state index contributed by atoms with van der Waals surface area (Å²) in [6, 6.07) is 23.2. The number of nitrogens with zero attached hydrogens (tertiary/aromatic N) is 1. The van der Waals surface area contributed by atoms with E-state index in [1.807, 2.05) is 30.3 Å². The van der Waals surface area contributed by atoms with E-state index in [2.05, 4.69) is 34.6 Å². The number of benzene rings is 3. The van der Waals surface area contributed by atoms with E-state index < -0.39 is 12.1 Å². The van der Waals surface area contributed by atoms with Gasteiger partial charge in [-0.15, -0.1) is 11.3 Å². The molecule has 164 valence electrons. The monoisotopic (exact) mass is 456 g/mol. The van der Waals surface area contributed by atoms with Crippen molar-refractivity contribution >= 4 is 28.5 Å². The number of amides is 1. The molecule has 0 atom stereocenters. The Labute approximate surface area is 194 Å². The molecule has 0 bridgehead atoms. The van der Waals surface area contributed by atoms with Crippen LogP contribution in [-0.2, 0) is 11.2 Å². The Bertz CT molecular complexity index is 1300. The van der Waals surface area contributed by atoms with E-state index in [4.69, 9.17) is 9.84 Å². The number of rotatable bonds is 6. The zero-order valence-electron chi connectivity index (χ0n) is 17.5. The van der Waals surface area contributed by atoms with Gasteiger partial charge in [0.15, 0.2) is 5.13 Å². The van der Waals surface area contributed by atoms with Gasteiger partial charge in [0, 0.05) is 23.4 Å². The Balaban J connectivity index is 1.22. The number of aromatic nitrogens is 1. The van der Waals surface area contributed by atoms with Gasteiger partial charge in [-0.3, -0.25) is 5.32 Å². The van der Waals surface area contributed by atoms with E-state index >= 15 is 0 Å². The smallest absolute Gasteiger partial charge is 0.413 e. The number of carbonyl (C=O) groups is 2. The predicted octanol–water partition coefficient (Wildman–Crippen LogP) is 5.79. The molecule has 0 saturated carbocycles. The lowest BCUT2D eigenvalue weighted by atomic mass is 9.98. The van der Waals surface area contributed by atoms with Gasteiger partial charge >= 0.3 is 12.1 Å². The van der Waals surface area contributed by atoms with Crippen LogP contribution in [-0.4, -0.2) is 28.8 Å². The fraction of sp³-hybridized carbons (Fsp3) is 0.115. The molecule has 7 heteroatoms. The Morgan fingerprint density at radius 3 is 2.36 bits per heavy atom. The minimum atomic E-state index is -0.959. The molecule has 1 heterocycles. The molecule has 0 aliphatic heterocycles. The molecule has 6 nitrogen and oxygen atoms in total. The lowest BCUT2D eigenvalue weighted by Gasteiger charge is -2.14. The van der Waals surface area contributed by atoms with Gasteiger partial charge in [-0.2, -0.15) is 0 Å². The van der Waals surface area contributed by atoms with Crippen molar-refractivity contribution < 1.29 is 19.4 Å². The van der Waals surface area contributed by atoms with Crippen LogP contribution in [0.25, 0.3) is 11.1 Å². The molecule has 3 aromatic carbocycles. The van der Waals surface area contributed by atoms with Gasteiger partial charge < -0.3 is 9.84 Å². The molecular weight excluding hydrogens is 436 g/mol. The molecule has 0 saturated heterocycles. The Kier molecular flexibility index (Phi) is 5.62. The van der Waals surface area contributed by atoms with Crippen LogP contribution in [0.2, 0.25) is 0 Å². The lowest BCUT2D eigenvalue weighted by molar-refractivity contribution is 0.0696. The first-order valence-electron chi connectivity index (χ1n) is 10.5. The molecule has 1 amide bonds. The molecule has 0 unspecified atom stereocenters. The van der Waals surface area contributed by atoms with Gasteiger partial charge in [0.05, 0.1) is 5.56 Å². The zero-order chi connectivity index (χ0) is 22.8. The fourth-order valence-corrected chi connectivity index (χ4v) is 5.02. The van der Waals surface area contributed by atoms with Crippen LogP contribution in [0.4, 0.5) is 9.93 Å². The number of hydrogen-bond donors (Lipinski definition) is 2. The predicted molar refractivity (Wildman–Crippen MR) is 127 cm³/mol. The van der Waals surface area contributed by atoms with Gasteiger partial charge in [-0.1, -0.05) is 60.7 Å². The van der Waals surface area contributed by atoms with Crippen LogP contribution >= 0.6 is 11.3 Å². The second-order valence-corrected chi connectivity index (χ2v) is 8.88. The summed E-state index contributed by atoms with van der Waals surface area (Å²) in [5.41, 5.74) is 5.79. The minimum absolute atomic E-state index is 0.00322. The van der Waals surface area contributed by atoms with Gasteiger partial charge in [0.1, 0.15) is 6.61 Å². The summed E-state index contributed by atoms with van der Waals surface area (Å²) in [6.45, 7) is 0.236. The van der Waals surface area contributed by atoms with E-state index in [9.17, 15) is 9.59 Å². The van der Waals surface area contributed by atoms with Crippen LogP contribution in [0.3, 0.4) is 0 Å². The number of nitrogens with one attached hydrogen (secondary N) is 1. The maximum atomic E-state index is 12.4. The highest BCUT2D eigenvalue weighted by Gasteiger charge is 2.29. The summed E-state index contributed by atoms with van der Waals surface area (Å²) in [5.74, 6) is -0.963. The van der Waals surface area contributed by atoms with Gasteiger partial charge in [0.2, 0.25) is 0 Å². The Morgan fingerprint density at radius 2 is 1.67 bits per heavy atom. The number of hydrogen-bond acceptors (Lipinski definition) is 5. The number of carbonyl (C=O) groups excluding carboxylic acids is 1. The highest BCUT2D eigenvalue weighted by atomic mass is 32.1. The Morgan fingerprint density at radius 1 is 0.970 bits per heavy atom. The van der Waals surface area contributed by atoms with Crippen LogP contribution in [0, 0.1) is 0 Å². The third-order valence-corrected chi connectivity index (χ3v) is 6.57. The number of carboxylic acid groups (broad SMARTS) is 1. The molecular formula is C26H20N2O4S. The second-order valence-electron chi connectivity index (χ2n) is 7.76.